The Kier molecular flexibility index (Phi) is 5.34. The van der Waals surface area contributed by atoms with E-state index in [1.807, 2.05) is 33.9 Å². The second kappa shape index (κ2) is 7.43. The Balaban J connectivity index is 2.14. The highest BCUT2D eigenvalue weighted by Crippen LogP contribution is 2.28. The van der Waals surface area contributed by atoms with E-state index in [4.69, 9.17) is 16.3 Å². The molecule has 0 radical (unpaired) electrons. The summed E-state index contributed by atoms with van der Waals surface area (Å²) in [6.45, 7) is 9.84. The lowest BCUT2D eigenvalue weighted by Gasteiger charge is -2.27. The second-order valence-corrected chi connectivity index (χ2v) is 8.33. The maximum absolute atomic E-state index is 13.1. The lowest BCUT2D eigenvalue weighted by molar-refractivity contribution is 0.0575. The molecule has 0 spiro atoms. The zero-order chi connectivity index (χ0) is 20.6. The van der Waals surface area contributed by atoms with E-state index < -0.39 is 11.7 Å². The minimum absolute atomic E-state index is 0.211. The van der Waals surface area contributed by atoms with Crippen LogP contribution in [-0.2, 0) is 18.3 Å². The molecule has 3 heterocycles. The number of anilines is 1. The molecule has 0 saturated heterocycles. The van der Waals surface area contributed by atoms with Crippen molar-refractivity contribution in [1.29, 1.82) is 0 Å². The summed E-state index contributed by atoms with van der Waals surface area (Å²) in [5, 5.41) is 8.92. The molecule has 0 aromatic carbocycles. The van der Waals surface area contributed by atoms with E-state index in [1.54, 1.807) is 27.7 Å². The number of aryl methyl sites for hydroxylation is 1. The summed E-state index contributed by atoms with van der Waals surface area (Å²) >= 11 is 6.30. The molecule has 28 heavy (non-hydrogen) atoms. The number of carbonyl (C=O) groups is 1. The van der Waals surface area contributed by atoms with Crippen LogP contribution in [0.15, 0.2) is 24.5 Å². The minimum Gasteiger partial charge on any atom is -0.443 e. The lowest BCUT2D eigenvalue weighted by Crippen LogP contribution is -2.38. The van der Waals surface area contributed by atoms with Gasteiger partial charge in [-0.1, -0.05) is 25.4 Å². The van der Waals surface area contributed by atoms with Crippen molar-refractivity contribution in [2.75, 3.05) is 4.90 Å². The quantitative estimate of drug-likeness (QED) is 0.609. The monoisotopic (exact) mass is 404 g/mol. The fourth-order valence-electron chi connectivity index (χ4n) is 2.81. The number of nitrogens with zero attached hydrogens (tertiary/aromatic N) is 6. The Bertz CT molecular complexity index is 1000. The van der Waals surface area contributed by atoms with Gasteiger partial charge in [0.05, 0.1) is 18.4 Å². The van der Waals surface area contributed by atoms with Gasteiger partial charge in [0.1, 0.15) is 16.6 Å². The first-order valence-electron chi connectivity index (χ1n) is 9.08. The fraction of sp³-hybridized carbons (Fsp3) is 0.474. The highest BCUT2D eigenvalue weighted by atomic mass is 35.5. The molecule has 3 rings (SSSR count). The van der Waals surface area contributed by atoms with Gasteiger partial charge in [0.15, 0.2) is 5.65 Å². The molecule has 150 valence electrons. The van der Waals surface area contributed by atoms with Crippen LogP contribution in [-0.4, -0.2) is 36.1 Å². The molecule has 0 aliphatic rings. The molecule has 0 bridgehead atoms. The smallest absolute Gasteiger partial charge is 0.416 e. The molecule has 3 aromatic heterocycles. The maximum Gasteiger partial charge on any atom is 0.416 e. The topological polar surface area (TPSA) is 77.5 Å². The predicted octanol–water partition coefficient (Wildman–Crippen LogP) is 4.18. The molecular formula is C19H25ClN6O2. The molecule has 0 saturated carbocycles. The van der Waals surface area contributed by atoms with Gasteiger partial charge < -0.3 is 4.74 Å². The summed E-state index contributed by atoms with van der Waals surface area (Å²) in [7, 11) is 1.82. The van der Waals surface area contributed by atoms with Crippen molar-refractivity contribution in [3.05, 3.63) is 40.9 Å². The van der Waals surface area contributed by atoms with Crippen molar-refractivity contribution in [3.8, 4) is 0 Å². The van der Waals surface area contributed by atoms with Crippen LogP contribution in [0.2, 0.25) is 5.15 Å². The normalized spacial score (nSPS) is 12.0. The van der Waals surface area contributed by atoms with Crippen LogP contribution in [0.3, 0.4) is 0 Å². The van der Waals surface area contributed by atoms with Crippen molar-refractivity contribution >= 4 is 29.2 Å². The van der Waals surface area contributed by atoms with Gasteiger partial charge in [-0.25, -0.2) is 9.78 Å². The van der Waals surface area contributed by atoms with Gasteiger partial charge in [0.25, 0.3) is 0 Å². The molecule has 0 atom stereocenters. The first-order valence-corrected chi connectivity index (χ1v) is 9.46. The van der Waals surface area contributed by atoms with Gasteiger partial charge in [-0.15, -0.1) is 0 Å². The molecule has 0 N–H and O–H groups in total. The standard InChI is InChI=1S/C19H25ClN6O2/c1-12(2)14-10-22-26-16(9-15(20)23-17(14)26)25(18(27)28-19(3,4)5)11-13-7-8-21-24(13)6/h7-10,12H,11H2,1-6H3. The summed E-state index contributed by atoms with van der Waals surface area (Å²) in [6.07, 6.45) is 2.94. The second-order valence-electron chi connectivity index (χ2n) is 7.94. The SMILES string of the molecule is CC(C)c1cnn2c(N(Cc3ccnn3C)C(=O)OC(C)(C)C)cc(Cl)nc12. The summed E-state index contributed by atoms with van der Waals surface area (Å²) in [5.41, 5.74) is 1.76. The predicted molar refractivity (Wildman–Crippen MR) is 108 cm³/mol. The summed E-state index contributed by atoms with van der Waals surface area (Å²) in [5.74, 6) is 0.695. The molecule has 0 aliphatic carbocycles. The van der Waals surface area contributed by atoms with Crippen LogP contribution < -0.4 is 4.90 Å². The van der Waals surface area contributed by atoms with Crippen molar-refractivity contribution in [2.24, 2.45) is 7.05 Å². The fourth-order valence-corrected chi connectivity index (χ4v) is 2.99. The van der Waals surface area contributed by atoms with Crippen molar-refractivity contribution < 1.29 is 9.53 Å². The van der Waals surface area contributed by atoms with Crippen molar-refractivity contribution in [1.82, 2.24) is 24.4 Å². The van der Waals surface area contributed by atoms with E-state index in [1.165, 1.54) is 4.90 Å². The summed E-state index contributed by atoms with van der Waals surface area (Å²) in [4.78, 5) is 19.0. The Hall–Kier alpha value is -2.61. The number of rotatable bonds is 4. The van der Waals surface area contributed by atoms with E-state index in [9.17, 15) is 4.79 Å². The van der Waals surface area contributed by atoms with Gasteiger partial charge in [-0.3, -0.25) is 9.58 Å². The van der Waals surface area contributed by atoms with E-state index in [2.05, 4.69) is 29.0 Å². The molecule has 0 unspecified atom stereocenters. The van der Waals surface area contributed by atoms with Gasteiger partial charge in [-0.05, 0) is 32.8 Å². The largest absolute Gasteiger partial charge is 0.443 e. The van der Waals surface area contributed by atoms with Gasteiger partial charge in [0, 0.05) is 24.9 Å². The Morgan fingerprint density at radius 1 is 1.32 bits per heavy atom. The van der Waals surface area contributed by atoms with Crippen LogP contribution >= 0.6 is 11.6 Å². The zero-order valence-electron chi connectivity index (χ0n) is 17.0. The van der Waals surface area contributed by atoms with E-state index >= 15 is 0 Å². The number of carbonyl (C=O) groups excluding carboxylic acids is 1. The number of ether oxygens (including phenoxy) is 1. The number of fused-ring (bicyclic) bond motifs is 1. The highest BCUT2D eigenvalue weighted by Gasteiger charge is 2.27. The van der Waals surface area contributed by atoms with Crippen molar-refractivity contribution in [3.63, 3.8) is 0 Å². The minimum atomic E-state index is -0.648. The van der Waals surface area contributed by atoms with Gasteiger partial charge in [0.2, 0.25) is 0 Å². The molecular weight excluding hydrogens is 380 g/mol. The Morgan fingerprint density at radius 3 is 2.61 bits per heavy atom. The van der Waals surface area contributed by atoms with Crippen LogP contribution in [0.5, 0.6) is 0 Å². The Labute approximate surface area is 169 Å². The van der Waals surface area contributed by atoms with Crippen LogP contribution in [0.1, 0.15) is 51.8 Å². The molecule has 1 amide bonds. The van der Waals surface area contributed by atoms with Crippen LogP contribution in [0.25, 0.3) is 5.65 Å². The zero-order valence-corrected chi connectivity index (χ0v) is 17.7. The molecule has 9 heteroatoms. The number of halogens is 1. The molecule has 0 aliphatic heterocycles. The van der Waals surface area contributed by atoms with Crippen LogP contribution in [0, 0.1) is 0 Å². The van der Waals surface area contributed by atoms with Crippen molar-refractivity contribution in [2.45, 2.75) is 52.7 Å². The molecule has 8 nitrogen and oxygen atoms in total. The first-order chi connectivity index (χ1) is 13.1. The number of amides is 1. The molecule has 3 aromatic rings. The number of hydrogen-bond donors (Lipinski definition) is 0. The average Bonchev–Trinajstić information content (AvgIpc) is 3.16. The maximum atomic E-state index is 13.1. The Morgan fingerprint density at radius 2 is 2.04 bits per heavy atom. The first kappa shape index (κ1) is 20.1. The van der Waals surface area contributed by atoms with E-state index in [-0.39, 0.29) is 17.6 Å². The van der Waals surface area contributed by atoms with Gasteiger partial charge >= 0.3 is 6.09 Å². The van der Waals surface area contributed by atoms with Gasteiger partial charge in [-0.2, -0.15) is 14.7 Å². The summed E-state index contributed by atoms with van der Waals surface area (Å²) < 4.78 is 8.97. The number of aromatic nitrogens is 5. The third-order valence-corrected chi connectivity index (χ3v) is 4.40. The highest BCUT2D eigenvalue weighted by molar-refractivity contribution is 6.29. The third-order valence-electron chi connectivity index (χ3n) is 4.20. The van der Waals surface area contributed by atoms with E-state index in [0.29, 0.717) is 11.5 Å². The van der Waals surface area contributed by atoms with E-state index in [0.717, 1.165) is 11.3 Å². The molecule has 0 fully saturated rings. The van der Waals surface area contributed by atoms with Crippen LogP contribution in [0.4, 0.5) is 10.6 Å². The number of hydrogen-bond acceptors (Lipinski definition) is 5. The summed E-state index contributed by atoms with van der Waals surface area (Å²) in [6, 6.07) is 3.46. The third kappa shape index (κ3) is 4.11. The average molecular weight is 405 g/mol. The lowest BCUT2D eigenvalue weighted by atomic mass is 10.1.